The molecule has 2 amide bonds. The monoisotopic (exact) mass is 451 g/mol. The van der Waals surface area contributed by atoms with Crippen molar-refractivity contribution in [1.82, 2.24) is 15.2 Å². The summed E-state index contributed by atoms with van der Waals surface area (Å²) in [5.74, 6) is 0.584. The molecule has 2 N–H and O–H groups in total. The molecule has 0 bridgehead atoms. The van der Waals surface area contributed by atoms with Gasteiger partial charge in [-0.25, -0.2) is 4.39 Å². The topological polar surface area (TPSA) is 63.1 Å². The first-order valence-corrected chi connectivity index (χ1v) is 11.9. The SMILES string of the molecule is CCC(NC(=O)c1cc(C(=O)N[C@H](C)c2ccc(F)cc2)n2c1CSC2)c1ccccc1. The van der Waals surface area contributed by atoms with E-state index in [9.17, 15) is 14.0 Å². The van der Waals surface area contributed by atoms with Crippen LogP contribution in [0.25, 0.3) is 0 Å². The van der Waals surface area contributed by atoms with Crippen molar-refractivity contribution in [3.63, 3.8) is 0 Å². The number of hydrogen-bond donors (Lipinski definition) is 2. The number of aromatic nitrogens is 1. The van der Waals surface area contributed by atoms with E-state index < -0.39 is 0 Å². The molecule has 0 radical (unpaired) electrons. The minimum absolute atomic E-state index is 0.0934. The van der Waals surface area contributed by atoms with Crippen LogP contribution in [-0.2, 0) is 11.6 Å². The molecular weight excluding hydrogens is 425 g/mol. The Morgan fingerprint density at radius 3 is 2.44 bits per heavy atom. The molecule has 0 saturated heterocycles. The van der Waals surface area contributed by atoms with Gasteiger partial charge >= 0.3 is 0 Å². The Hall–Kier alpha value is -3.06. The maximum absolute atomic E-state index is 13.2. The molecule has 4 rings (SSSR count). The number of benzene rings is 2. The van der Waals surface area contributed by atoms with E-state index in [-0.39, 0.29) is 29.7 Å². The Morgan fingerprint density at radius 2 is 1.75 bits per heavy atom. The number of fused-ring (bicyclic) bond motifs is 1. The van der Waals surface area contributed by atoms with Gasteiger partial charge in [0.25, 0.3) is 11.8 Å². The number of amides is 2. The minimum Gasteiger partial charge on any atom is -0.345 e. The third-order valence-electron chi connectivity index (χ3n) is 5.78. The highest BCUT2D eigenvalue weighted by atomic mass is 32.2. The lowest BCUT2D eigenvalue weighted by molar-refractivity contribution is 0.0927. The van der Waals surface area contributed by atoms with Crippen molar-refractivity contribution in [2.45, 2.75) is 44.0 Å². The number of nitrogens with one attached hydrogen (secondary N) is 2. The van der Waals surface area contributed by atoms with Crippen molar-refractivity contribution in [3.05, 3.63) is 94.6 Å². The van der Waals surface area contributed by atoms with E-state index in [4.69, 9.17) is 0 Å². The first kappa shape index (κ1) is 22.1. The first-order valence-electron chi connectivity index (χ1n) is 10.7. The Morgan fingerprint density at radius 1 is 1.03 bits per heavy atom. The summed E-state index contributed by atoms with van der Waals surface area (Å²) in [5.41, 5.74) is 3.75. The molecular formula is C25H26FN3O2S. The van der Waals surface area contributed by atoms with Gasteiger partial charge in [-0.15, -0.1) is 11.8 Å². The summed E-state index contributed by atoms with van der Waals surface area (Å²) in [6.07, 6.45) is 0.767. The Kier molecular flexibility index (Phi) is 6.65. The fraction of sp³-hybridized carbons (Fsp3) is 0.280. The van der Waals surface area contributed by atoms with Gasteiger partial charge in [-0.1, -0.05) is 49.4 Å². The van der Waals surface area contributed by atoms with Gasteiger partial charge in [-0.3, -0.25) is 9.59 Å². The number of rotatable bonds is 7. The molecule has 0 fully saturated rings. The third-order valence-corrected chi connectivity index (χ3v) is 6.70. The average Bonchev–Trinajstić information content (AvgIpc) is 3.41. The van der Waals surface area contributed by atoms with Gasteiger partial charge in [0.1, 0.15) is 11.5 Å². The number of halogens is 1. The number of thioether (sulfide) groups is 1. The van der Waals surface area contributed by atoms with Crippen LogP contribution in [0.2, 0.25) is 0 Å². The molecule has 2 aromatic carbocycles. The fourth-order valence-corrected chi connectivity index (χ4v) is 5.03. The molecule has 1 aliphatic heterocycles. The average molecular weight is 452 g/mol. The molecule has 2 atom stereocenters. The lowest BCUT2D eigenvalue weighted by Crippen LogP contribution is -2.28. The van der Waals surface area contributed by atoms with Crippen LogP contribution in [0.15, 0.2) is 60.7 Å². The summed E-state index contributed by atoms with van der Waals surface area (Å²) in [4.78, 5) is 26.2. The lowest BCUT2D eigenvalue weighted by atomic mass is 10.0. The van der Waals surface area contributed by atoms with Crippen LogP contribution in [0, 0.1) is 5.82 Å². The van der Waals surface area contributed by atoms with Crippen LogP contribution < -0.4 is 10.6 Å². The first-order chi connectivity index (χ1) is 15.5. The second-order valence-electron chi connectivity index (χ2n) is 7.89. The van der Waals surface area contributed by atoms with E-state index in [2.05, 4.69) is 10.6 Å². The van der Waals surface area contributed by atoms with Crippen LogP contribution in [0.1, 0.15) is 70.0 Å². The molecule has 7 heteroatoms. The molecule has 3 aromatic rings. The van der Waals surface area contributed by atoms with Gasteiger partial charge in [0, 0.05) is 11.4 Å². The van der Waals surface area contributed by atoms with Crippen molar-refractivity contribution >= 4 is 23.6 Å². The standard InChI is InChI=1S/C25H26FN3O2S/c1-3-21(18-7-5-4-6-8-18)28-24(30)20-13-22(29-15-32-14-23(20)29)25(31)27-16(2)17-9-11-19(26)12-10-17/h4-13,16,21H,3,14-15H2,1-2H3,(H,27,31)(H,28,30)/t16-,21?/m1/s1. The van der Waals surface area contributed by atoms with Crippen molar-refractivity contribution in [3.8, 4) is 0 Å². The molecule has 166 valence electrons. The highest BCUT2D eigenvalue weighted by Crippen LogP contribution is 2.31. The summed E-state index contributed by atoms with van der Waals surface area (Å²) in [6.45, 7) is 3.89. The van der Waals surface area contributed by atoms with E-state index in [1.807, 2.05) is 48.7 Å². The Labute approximate surface area is 191 Å². The van der Waals surface area contributed by atoms with Gasteiger partial charge in [-0.2, -0.15) is 0 Å². The fourth-order valence-electron chi connectivity index (χ4n) is 3.96. The molecule has 1 unspecified atom stereocenters. The third kappa shape index (κ3) is 4.58. The highest BCUT2D eigenvalue weighted by molar-refractivity contribution is 7.97. The number of nitrogens with zero attached hydrogens (tertiary/aromatic N) is 1. The van der Waals surface area contributed by atoms with Gasteiger partial charge in [0.15, 0.2) is 0 Å². The zero-order chi connectivity index (χ0) is 22.7. The zero-order valence-corrected chi connectivity index (χ0v) is 18.9. The normalized spacial score (nSPS) is 14.5. The number of hydrogen-bond acceptors (Lipinski definition) is 3. The van der Waals surface area contributed by atoms with Crippen molar-refractivity contribution in [2.75, 3.05) is 0 Å². The zero-order valence-electron chi connectivity index (χ0n) is 18.1. The van der Waals surface area contributed by atoms with E-state index in [0.717, 1.165) is 23.2 Å². The molecule has 2 heterocycles. The predicted octanol–water partition coefficient (Wildman–Crippen LogP) is 5.20. The number of carbonyl (C=O) groups excluding carboxylic acids is 2. The molecule has 32 heavy (non-hydrogen) atoms. The maximum atomic E-state index is 13.2. The summed E-state index contributed by atoms with van der Waals surface area (Å²) in [5, 5.41) is 6.09. The van der Waals surface area contributed by atoms with E-state index >= 15 is 0 Å². The minimum atomic E-state index is -0.315. The van der Waals surface area contributed by atoms with Crippen LogP contribution in [0.3, 0.4) is 0 Å². The van der Waals surface area contributed by atoms with Gasteiger partial charge in [-0.05, 0) is 42.7 Å². The van der Waals surface area contributed by atoms with Gasteiger partial charge < -0.3 is 15.2 Å². The second-order valence-corrected chi connectivity index (χ2v) is 8.84. The smallest absolute Gasteiger partial charge is 0.268 e. The van der Waals surface area contributed by atoms with Crippen molar-refractivity contribution in [1.29, 1.82) is 0 Å². The van der Waals surface area contributed by atoms with Gasteiger partial charge in [0.05, 0.1) is 23.5 Å². The molecule has 0 spiro atoms. The van der Waals surface area contributed by atoms with Gasteiger partial charge in [0.2, 0.25) is 0 Å². The van der Waals surface area contributed by atoms with Crippen molar-refractivity contribution < 1.29 is 14.0 Å². The number of carbonyl (C=O) groups is 2. The molecule has 1 aliphatic rings. The van der Waals surface area contributed by atoms with Crippen LogP contribution in [-0.4, -0.2) is 16.4 Å². The second kappa shape index (κ2) is 9.61. The Balaban J connectivity index is 1.53. The molecule has 1 aromatic heterocycles. The Bertz CT molecular complexity index is 1110. The molecule has 0 saturated carbocycles. The summed E-state index contributed by atoms with van der Waals surface area (Å²) in [6, 6.07) is 17.3. The maximum Gasteiger partial charge on any atom is 0.268 e. The quantitative estimate of drug-likeness (QED) is 0.519. The largest absolute Gasteiger partial charge is 0.345 e. The predicted molar refractivity (Wildman–Crippen MR) is 125 cm³/mol. The molecule has 0 aliphatic carbocycles. The lowest BCUT2D eigenvalue weighted by Gasteiger charge is -2.17. The highest BCUT2D eigenvalue weighted by Gasteiger charge is 2.28. The van der Waals surface area contributed by atoms with E-state index in [1.54, 1.807) is 30.0 Å². The summed E-state index contributed by atoms with van der Waals surface area (Å²) >= 11 is 1.67. The van der Waals surface area contributed by atoms with E-state index in [0.29, 0.717) is 22.9 Å². The van der Waals surface area contributed by atoms with Crippen LogP contribution >= 0.6 is 11.8 Å². The van der Waals surface area contributed by atoms with E-state index in [1.165, 1.54) is 12.1 Å². The molecule has 5 nitrogen and oxygen atoms in total. The summed E-state index contributed by atoms with van der Waals surface area (Å²) < 4.78 is 15.1. The van der Waals surface area contributed by atoms with Crippen LogP contribution in [0.4, 0.5) is 4.39 Å². The summed E-state index contributed by atoms with van der Waals surface area (Å²) in [7, 11) is 0. The van der Waals surface area contributed by atoms with Crippen LogP contribution in [0.5, 0.6) is 0 Å². The van der Waals surface area contributed by atoms with Crippen molar-refractivity contribution in [2.24, 2.45) is 0 Å².